The van der Waals surface area contributed by atoms with E-state index in [1.54, 1.807) is 0 Å². The summed E-state index contributed by atoms with van der Waals surface area (Å²) < 4.78 is 27.3. The molecule has 0 unspecified atom stereocenters. The van der Waals surface area contributed by atoms with E-state index in [0.717, 1.165) is 25.7 Å². The average molecular weight is 367 g/mol. The lowest BCUT2D eigenvalue weighted by Gasteiger charge is -2.24. The highest BCUT2D eigenvalue weighted by molar-refractivity contribution is 7.89. The molecule has 0 spiro atoms. The lowest BCUT2D eigenvalue weighted by atomic mass is 9.89. The number of non-ortho nitro benzene ring substituents is 1. The van der Waals surface area contributed by atoms with E-state index in [-0.39, 0.29) is 10.6 Å². The summed E-state index contributed by atoms with van der Waals surface area (Å²) in [6.45, 7) is 1.67. The van der Waals surface area contributed by atoms with Gasteiger partial charge in [-0.15, -0.1) is 0 Å². The molecular formula is C17H25N3O4S. The Hall–Kier alpha value is -1.67. The Labute approximate surface area is 148 Å². The molecule has 1 aliphatic heterocycles. The maximum Gasteiger partial charge on any atom is 0.270 e. The van der Waals surface area contributed by atoms with Crippen LogP contribution >= 0.6 is 0 Å². The Bertz CT molecular complexity index is 723. The Kier molecular flexibility index (Phi) is 5.58. The summed E-state index contributed by atoms with van der Waals surface area (Å²) in [4.78, 5) is 10.6. The zero-order valence-corrected chi connectivity index (χ0v) is 15.1. The molecule has 25 heavy (non-hydrogen) atoms. The van der Waals surface area contributed by atoms with Crippen LogP contribution in [0.25, 0.3) is 0 Å². The van der Waals surface area contributed by atoms with Gasteiger partial charge in [0.1, 0.15) is 4.90 Å². The molecule has 0 amide bonds. The van der Waals surface area contributed by atoms with Crippen LogP contribution in [0.1, 0.15) is 44.9 Å². The van der Waals surface area contributed by atoms with Gasteiger partial charge in [0, 0.05) is 31.8 Å². The van der Waals surface area contributed by atoms with E-state index in [1.807, 2.05) is 0 Å². The van der Waals surface area contributed by atoms with Crippen molar-refractivity contribution in [2.45, 2.75) is 49.8 Å². The van der Waals surface area contributed by atoms with Crippen molar-refractivity contribution in [3.63, 3.8) is 0 Å². The molecule has 0 atom stereocenters. The minimum atomic E-state index is -3.71. The molecule has 8 heteroatoms. The number of benzene rings is 1. The fourth-order valence-corrected chi connectivity index (χ4v) is 5.40. The summed E-state index contributed by atoms with van der Waals surface area (Å²) in [7, 11) is -3.71. The lowest BCUT2D eigenvalue weighted by Crippen LogP contribution is -2.29. The van der Waals surface area contributed by atoms with Gasteiger partial charge >= 0.3 is 0 Å². The molecule has 1 saturated heterocycles. The van der Waals surface area contributed by atoms with Crippen LogP contribution in [0, 0.1) is 16.0 Å². The van der Waals surface area contributed by atoms with E-state index < -0.39 is 14.9 Å². The number of hydrogen-bond acceptors (Lipinski definition) is 5. The van der Waals surface area contributed by atoms with Crippen molar-refractivity contribution >= 4 is 21.4 Å². The van der Waals surface area contributed by atoms with E-state index in [4.69, 9.17) is 0 Å². The molecule has 1 aromatic carbocycles. The molecule has 1 saturated carbocycles. The van der Waals surface area contributed by atoms with Crippen molar-refractivity contribution in [3.8, 4) is 0 Å². The van der Waals surface area contributed by atoms with Gasteiger partial charge in [0.25, 0.3) is 5.69 Å². The minimum Gasteiger partial charge on any atom is -0.384 e. The average Bonchev–Trinajstić information content (AvgIpc) is 3.16. The molecule has 2 fully saturated rings. The van der Waals surface area contributed by atoms with Crippen LogP contribution in [0.5, 0.6) is 0 Å². The SMILES string of the molecule is O=[N+]([O-])c1ccc(NCC2CCCCC2)c(S(=O)(=O)N2CCCC2)c1. The molecule has 0 bridgehead atoms. The van der Waals surface area contributed by atoms with Gasteiger partial charge in [0.2, 0.25) is 10.0 Å². The lowest BCUT2D eigenvalue weighted by molar-refractivity contribution is -0.385. The van der Waals surface area contributed by atoms with Gasteiger partial charge in [-0.05, 0) is 37.7 Å². The van der Waals surface area contributed by atoms with E-state index in [9.17, 15) is 18.5 Å². The zero-order valence-electron chi connectivity index (χ0n) is 14.3. The normalized spacial score (nSPS) is 19.8. The molecule has 1 N–H and O–H groups in total. The molecule has 1 heterocycles. The number of rotatable bonds is 6. The van der Waals surface area contributed by atoms with Crippen LogP contribution in [0.15, 0.2) is 23.1 Å². The standard InChI is InChI=1S/C17H25N3O4S/c21-20(22)15-8-9-16(18-13-14-6-2-1-3-7-14)17(12-15)25(23,24)19-10-4-5-11-19/h8-9,12,14,18H,1-7,10-11,13H2. The van der Waals surface area contributed by atoms with Crippen LogP contribution in [-0.2, 0) is 10.0 Å². The van der Waals surface area contributed by atoms with Crippen molar-refractivity contribution in [1.82, 2.24) is 4.31 Å². The van der Waals surface area contributed by atoms with E-state index >= 15 is 0 Å². The van der Waals surface area contributed by atoms with Crippen LogP contribution < -0.4 is 5.32 Å². The topological polar surface area (TPSA) is 92.5 Å². The molecule has 1 aliphatic carbocycles. The van der Waals surface area contributed by atoms with Gasteiger partial charge in [-0.25, -0.2) is 8.42 Å². The summed E-state index contributed by atoms with van der Waals surface area (Å²) in [5.74, 6) is 0.534. The van der Waals surface area contributed by atoms with Crippen LogP contribution in [-0.4, -0.2) is 37.3 Å². The maximum atomic E-state index is 12.9. The van der Waals surface area contributed by atoms with Crippen molar-refractivity contribution in [1.29, 1.82) is 0 Å². The van der Waals surface area contributed by atoms with Gasteiger partial charge in [-0.1, -0.05) is 19.3 Å². The smallest absolute Gasteiger partial charge is 0.270 e. The summed E-state index contributed by atoms with van der Waals surface area (Å²) in [6, 6.07) is 4.09. The predicted octanol–water partition coefficient (Wildman–Crippen LogP) is 3.37. The number of sulfonamides is 1. The number of nitrogens with one attached hydrogen (secondary N) is 1. The second-order valence-electron chi connectivity index (χ2n) is 6.93. The number of hydrogen-bond donors (Lipinski definition) is 1. The van der Waals surface area contributed by atoms with Gasteiger partial charge in [0.05, 0.1) is 10.6 Å². The summed E-state index contributed by atoms with van der Waals surface area (Å²) in [5.41, 5.74) is 0.282. The Morgan fingerprint density at radius 1 is 1.12 bits per heavy atom. The molecule has 2 aliphatic rings. The second-order valence-corrected chi connectivity index (χ2v) is 8.84. The number of nitro groups is 1. The van der Waals surface area contributed by atoms with Crippen molar-refractivity contribution < 1.29 is 13.3 Å². The molecule has 3 rings (SSSR count). The summed E-state index contributed by atoms with van der Waals surface area (Å²) >= 11 is 0. The number of anilines is 1. The van der Waals surface area contributed by atoms with Crippen molar-refractivity contribution in [3.05, 3.63) is 28.3 Å². The first-order valence-electron chi connectivity index (χ1n) is 9.01. The van der Waals surface area contributed by atoms with Crippen LogP contribution in [0.3, 0.4) is 0 Å². The molecule has 1 aromatic rings. The molecule has 7 nitrogen and oxygen atoms in total. The highest BCUT2D eigenvalue weighted by atomic mass is 32.2. The third-order valence-corrected chi connectivity index (χ3v) is 7.10. The quantitative estimate of drug-likeness (QED) is 0.615. The van der Waals surface area contributed by atoms with Gasteiger partial charge in [0.15, 0.2) is 0 Å². The highest BCUT2D eigenvalue weighted by Crippen LogP contribution is 2.32. The summed E-state index contributed by atoms with van der Waals surface area (Å²) in [6.07, 6.45) is 7.65. The van der Waals surface area contributed by atoms with Gasteiger partial charge < -0.3 is 5.32 Å². The number of nitro benzene ring substituents is 1. The molecule has 0 aromatic heterocycles. The second kappa shape index (κ2) is 7.70. The fourth-order valence-electron chi connectivity index (χ4n) is 3.70. The largest absolute Gasteiger partial charge is 0.384 e. The highest BCUT2D eigenvalue weighted by Gasteiger charge is 2.31. The van der Waals surface area contributed by atoms with Crippen molar-refractivity contribution in [2.75, 3.05) is 25.0 Å². The fraction of sp³-hybridized carbons (Fsp3) is 0.647. The van der Waals surface area contributed by atoms with Crippen LogP contribution in [0.2, 0.25) is 0 Å². The first-order valence-corrected chi connectivity index (χ1v) is 10.4. The maximum absolute atomic E-state index is 12.9. The Morgan fingerprint density at radius 3 is 2.44 bits per heavy atom. The Morgan fingerprint density at radius 2 is 1.80 bits per heavy atom. The first-order chi connectivity index (χ1) is 12.0. The Balaban J connectivity index is 1.87. The first kappa shape index (κ1) is 18.1. The van der Waals surface area contributed by atoms with Crippen LogP contribution in [0.4, 0.5) is 11.4 Å². The van der Waals surface area contributed by atoms with E-state index in [2.05, 4.69) is 5.32 Å². The predicted molar refractivity (Wildman–Crippen MR) is 96.2 cm³/mol. The molecule has 0 radical (unpaired) electrons. The monoisotopic (exact) mass is 367 g/mol. The minimum absolute atomic E-state index is 0.0272. The molecule has 138 valence electrons. The zero-order chi connectivity index (χ0) is 17.9. The molecular weight excluding hydrogens is 342 g/mol. The van der Waals surface area contributed by atoms with E-state index in [0.29, 0.717) is 31.2 Å². The summed E-state index contributed by atoms with van der Waals surface area (Å²) in [5, 5.41) is 14.3. The third kappa shape index (κ3) is 4.12. The van der Waals surface area contributed by atoms with Crippen molar-refractivity contribution in [2.24, 2.45) is 5.92 Å². The third-order valence-electron chi connectivity index (χ3n) is 5.16. The van der Waals surface area contributed by atoms with E-state index in [1.165, 1.54) is 41.8 Å². The number of nitrogens with zero attached hydrogens (tertiary/aromatic N) is 2. The van der Waals surface area contributed by atoms with Gasteiger partial charge in [-0.3, -0.25) is 10.1 Å². The van der Waals surface area contributed by atoms with Gasteiger partial charge in [-0.2, -0.15) is 4.31 Å².